The molecule has 1 aromatic heterocycles. The minimum absolute atomic E-state index is 0.0239. The minimum Gasteiger partial charge on any atom is -0.351 e. The van der Waals surface area contributed by atoms with E-state index in [0.29, 0.717) is 30.0 Å². The first-order valence-corrected chi connectivity index (χ1v) is 15.8. The van der Waals surface area contributed by atoms with Gasteiger partial charge in [0.05, 0.1) is 44.7 Å². The molecule has 0 radical (unpaired) electrons. The third kappa shape index (κ3) is 7.09. The number of amides is 1. The zero-order valence-corrected chi connectivity index (χ0v) is 25.6. The maximum atomic E-state index is 14.4. The summed E-state index contributed by atoms with van der Waals surface area (Å²) in [6, 6.07) is 3.43. The summed E-state index contributed by atoms with van der Waals surface area (Å²) >= 11 is 12.5. The minimum atomic E-state index is -4.91. The lowest BCUT2D eigenvalue weighted by molar-refractivity contribution is -0.138. The van der Waals surface area contributed by atoms with Gasteiger partial charge in [-0.1, -0.05) is 30.1 Å². The summed E-state index contributed by atoms with van der Waals surface area (Å²) in [6.07, 6.45) is -3.70. The number of hydrogen-bond donors (Lipinski definition) is 3. The Kier molecular flexibility index (Phi) is 9.67. The molecule has 0 saturated carbocycles. The first kappa shape index (κ1) is 33.0. The van der Waals surface area contributed by atoms with Gasteiger partial charge in [-0.25, -0.2) is 13.2 Å². The number of halogens is 5. The molecule has 0 bridgehead atoms. The largest absolute Gasteiger partial charge is 0.416 e. The molecule has 4 rings (SSSR count). The fraction of sp³-hybridized carbons (Fsp3) is 0.444. The number of rotatable bonds is 8. The number of carbonyl (C=O) groups excluding carboxylic acids is 1. The van der Waals surface area contributed by atoms with Gasteiger partial charge >= 0.3 is 11.9 Å². The van der Waals surface area contributed by atoms with E-state index in [-0.39, 0.29) is 57.4 Å². The van der Waals surface area contributed by atoms with Crippen LogP contribution >= 0.6 is 23.2 Å². The molecule has 1 amide bonds. The van der Waals surface area contributed by atoms with Crippen molar-refractivity contribution in [3.8, 4) is 0 Å². The number of piperidine rings is 1. The summed E-state index contributed by atoms with van der Waals surface area (Å²) in [5.41, 5.74) is 1.79. The van der Waals surface area contributed by atoms with Crippen molar-refractivity contribution >= 4 is 49.8 Å². The quantitative estimate of drug-likeness (QED) is 0.335. The lowest BCUT2D eigenvalue weighted by atomic mass is 10.00. The Labute approximate surface area is 254 Å². The Morgan fingerprint density at radius 1 is 1.21 bits per heavy atom. The molecule has 4 N–H and O–H groups in total. The fourth-order valence-corrected chi connectivity index (χ4v) is 6.73. The zero-order valence-electron chi connectivity index (χ0n) is 23.2. The SMILES string of the molecule is CCS(=O)(=O)c1ccc(Cl)cc1Cn1c(=O)[nH]c2c(Cl)c(CN3CCC[C@H](NC(=O)[C@@H](C)N)C3)c(C(F)(F)F)cc2c1=O. The molecule has 0 aliphatic carbocycles. The molecule has 3 aromatic rings. The summed E-state index contributed by atoms with van der Waals surface area (Å²) in [4.78, 5) is 42.6. The predicted octanol–water partition coefficient (Wildman–Crippen LogP) is 3.29. The number of benzene rings is 2. The zero-order chi connectivity index (χ0) is 31.9. The summed E-state index contributed by atoms with van der Waals surface area (Å²) in [5.74, 6) is -0.647. The molecule has 2 aromatic carbocycles. The molecule has 43 heavy (non-hydrogen) atoms. The summed E-state index contributed by atoms with van der Waals surface area (Å²) < 4.78 is 68.9. The Balaban J connectivity index is 1.79. The molecule has 10 nitrogen and oxygen atoms in total. The maximum Gasteiger partial charge on any atom is 0.416 e. The monoisotopic (exact) mass is 663 g/mol. The van der Waals surface area contributed by atoms with E-state index in [1.165, 1.54) is 32.0 Å². The van der Waals surface area contributed by atoms with Gasteiger partial charge in [0.2, 0.25) is 5.91 Å². The van der Waals surface area contributed by atoms with Crippen LogP contribution in [0.25, 0.3) is 10.9 Å². The van der Waals surface area contributed by atoms with Crippen molar-refractivity contribution in [2.24, 2.45) is 5.73 Å². The van der Waals surface area contributed by atoms with Gasteiger partial charge in [-0.2, -0.15) is 13.2 Å². The number of H-pyrrole nitrogens is 1. The molecule has 0 unspecified atom stereocenters. The van der Waals surface area contributed by atoms with Crippen molar-refractivity contribution in [3.63, 3.8) is 0 Å². The van der Waals surface area contributed by atoms with Crippen molar-refractivity contribution in [2.75, 3.05) is 18.8 Å². The van der Waals surface area contributed by atoms with Gasteiger partial charge in [-0.05, 0) is 61.7 Å². The summed E-state index contributed by atoms with van der Waals surface area (Å²) in [5, 5.41) is 1.99. The van der Waals surface area contributed by atoms with E-state index < -0.39 is 55.8 Å². The number of nitrogens with one attached hydrogen (secondary N) is 2. The topological polar surface area (TPSA) is 147 Å². The Bertz CT molecular complexity index is 1790. The van der Waals surface area contributed by atoms with E-state index in [0.717, 1.165) is 0 Å². The molecule has 1 aliphatic rings. The third-order valence-electron chi connectivity index (χ3n) is 7.34. The van der Waals surface area contributed by atoms with Crippen LogP contribution in [0.15, 0.2) is 38.8 Å². The second kappa shape index (κ2) is 12.6. The number of alkyl halides is 3. The van der Waals surface area contributed by atoms with E-state index in [2.05, 4.69) is 10.3 Å². The highest BCUT2D eigenvalue weighted by Gasteiger charge is 2.37. The molecular weight excluding hydrogens is 634 g/mol. The van der Waals surface area contributed by atoms with Crippen LogP contribution in [0.3, 0.4) is 0 Å². The van der Waals surface area contributed by atoms with Crippen LogP contribution in [-0.4, -0.2) is 59.7 Å². The lowest BCUT2D eigenvalue weighted by Gasteiger charge is -2.34. The highest BCUT2D eigenvalue weighted by Crippen LogP contribution is 2.39. The number of sulfone groups is 1. The second-order valence-corrected chi connectivity index (χ2v) is 13.5. The number of nitrogens with two attached hydrogens (primary N) is 1. The normalized spacial score (nSPS) is 17.3. The fourth-order valence-electron chi connectivity index (χ4n) is 5.12. The number of aromatic amines is 1. The molecule has 1 aliphatic heterocycles. The first-order chi connectivity index (χ1) is 20.0. The maximum absolute atomic E-state index is 14.4. The molecule has 16 heteroatoms. The summed E-state index contributed by atoms with van der Waals surface area (Å²) in [7, 11) is -3.79. The summed E-state index contributed by atoms with van der Waals surface area (Å²) in [6.45, 7) is 2.78. The molecule has 1 saturated heterocycles. The van der Waals surface area contributed by atoms with Gasteiger partial charge in [0.15, 0.2) is 9.84 Å². The van der Waals surface area contributed by atoms with Gasteiger partial charge in [0.1, 0.15) is 0 Å². The highest BCUT2D eigenvalue weighted by molar-refractivity contribution is 7.91. The molecule has 1 fully saturated rings. The van der Waals surface area contributed by atoms with E-state index in [1.54, 1.807) is 4.90 Å². The van der Waals surface area contributed by atoms with Crippen molar-refractivity contribution in [2.45, 2.75) is 62.9 Å². The van der Waals surface area contributed by atoms with Crippen LogP contribution < -0.4 is 22.3 Å². The number of likely N-dealkylation sites (tertiary alicyclic amines) is 1. The standard InChI is InChI=1S/C27H30Cl2F3N5O5S/c1-3-43(41,42)21-7-6-16(28)9-15(21)11-37-25(39)18-10-20(27(30,31)32)19(22(29)23(18)35-26(37)40)13-36-8-4-5-17(12-36)34-24(38)14(2)33/h6-7,9-10,14,17H,3-5,8,11-13,33H2,1-2H3,(H,34,38)(H,35,40)/t14-,17+/m1/s1. The van der Waals surface area contributed by atoms with E-state index >= 15 is 0 Å². The van der Waals surface area contributed by atoms with Crippen molar-refractivity contribution in [1.82, 2.24) is 19.8 Å². The van der Waals surface area contributed by atoms with Gasteiger partial charge in [0.25, 0.3) is 5.56 Å². The second-order valence-electron chi connectivity index (χ2n) is 10.5. The van der Waals surface area contributed by atoms with Gasteiger partial charge in [-0.15, -0.1) is 0 Å². The number of hydrogen-bond acceptors (Lipinski definition) is 7. The Morgan fingerprint density at radius 3 is 2.53 bits per heavy atom. The van der Waals surface area contributed by atoms with Crippen molar-refractivity contribution in [1.29, 1.82) is 0 Å². The number of carbonyl (C=O) groups is 1. The number of aromatic nitrogens is 2. The Hall–Kier alpha value is -2.91. The van der Waals surface area contributed by atoms with Crippen molar-refractivity contribution in [3.05, 3.63) is 71.8 Å². The van der Waals surface area contributed by atoms with E-state index in [1.807, 2.05) is 0 Å². The number of fused-ring (bicyclic) bond motifs is 1. The average molecular weight is 665 g/mol. The van der Waals surface area contributed by atoms with Crippen LogP contribution in [0, 0.1) is 0 Å². The van der Waals surface area contributed by atoms with Gasteiger partial charge in [-0.3, -0.25) is 19.1 Å². The van der Waals surface area contributed by atoms with Crippen LogP contribution in [-0.2, 0) is 33.9 Å². The van der Waals surface area contributed by atoms with Crippen molar-refractivity contribution < 1.29 is 26.4 Å². The third-order valence-corrected chi connectivity index (χ3v) is 9.82. The first-order valence-electron chi connectivity index (χ1n) is 13.4. The molecule has 0 spiro atoms. The lowest BCUT2D eigenvalue weighted by Crippen LogP contribution is -2.51. The average Bonchev–Trinajstić information content (AvgIpc) is 2.92. The van der Waals surface area contributed by atoms with Crippen LogP contribution in [0.4, 0.5) is 13.2 Å². The van der Waals surface area contributed by atoms with Crippen LogP contribution in [0.2, 0.25) is 10.0 Å². The molecular formula is C27H30Cl2F3N5O5S. The Morgan fingerprint density at radius 2 is 1.91 bits per heavy atom. The highest BCUT2D eigenvalue weighted by atomic mass is 35.5. The van der Waals surface area contributed by atoms with E-state index in [9.17, 15) is 36.0 Å². The molecule has 2 atom stereocenters. The van der Waals surface area contributed by atoms with Crippen LogP contribution in [0.1, 0.15) is 43.4 Å². The van der Waals surface area contributed by atoms with E-state index in [4.69, 9.17) is 28.9 Å². The van der Waals surface area contributed by atoms with Crippen LogP contribution in [0.5, 0.6) is 0 Å². The molecule has 2 heterocycles. The van der Waals surface area contributed by atoms with Gasteiger partial charge < -0.3 is 16.0 Å². The number of nitrogens with zero attached hydrogens (tertiary/aromatic N) is 2. The smallest absolute Gasteiger partial charge is 0.351 e. The molecule has 234 valence electrons. The predicted molar refractivity (Wildman–Crippen MR) is 157 cm³/mol. The van der Waals surface area contributed by atoms with Gasteiger partial charge in [0, 0.05) is 24.2 Å².